The van der Waals surface area contributed by atoms with Crippen molar-refractivity contribution in [3.05, 3.63) is 29.8 Å². The number of anilines is 2. The van der Waals surface area contributed by atoms with Crippen LogP contribution in [-0.4, -0.2) is 56.9 Å². The summed E-state index contributed by atoms with van der Waals surface area (Å²) in [5.74, 6) is 1.33. The lowest BCUT2D eigenvalue weighted by Crippen LogP contribution is -2.49. The van der Waals surface area contributed by atoms with Gasteiger partial charge in [0.2, 0.25) is 5.95 Å². The lowest BCUT2D eigenvalue weighted by molar-refractivity contribution is 0.208. The largest absolute Gasteiger partial charge is 0.383 e. The highest BCUT2D eigenvalue weighted by molar-refractivity contribution is 5.99. The van der Waals surface area contributed by atoms with Gasteiger partial charge in [-0.2, -0.15) is 10.1 Å². The molecule has 0 unspecified atom stereocenters. The van der Waals surface area contributed by atoms with Crippen LogP contribution in [0.3, 0.4) is 0 Å². The first-order chi connectivity index (χ1) is 12.9. The highest BCUT2D eigenvalue weighted by atomic mass is 15.4. The Hall–Kier alpha value is -2.67. The number of hydrogen-bond acceptors (Lipinski definition) is 6. The number of fused-ring (bicyclic) bond motifs is 1. The number of nitrogens with two attached hydrogens (primary N) is 1. The van der Waals surface area contributed by atoms with Gasteiger partial charge in [-0.05, 0) is 26.8 Å². The lowest BCUT2D eigenvalue weighted by atomic mass is 10.1. The van der Waals surface area contributed by atoms with Crippen LogP contribution in [0.2, 0.25) is 0 Å². The molecule has 0 atom stereocenters. The molecule has 1 saturated heterocycles. The minimum Gasteiger partial charge on any atom is -0.383 e. The number of aromatic nitrogens is 4. The molecule has 0 saturated carbocycles. The fourth-order valence-electron chi connectivity index (χ4n) is 3.68. The molecule has 1 aromatic carbocycles. The lowest BCUT2D eigenvalue weighted by Gasteiger charge is -2.36. The zero-order chi connectivity index (χ0) is 19.1. The summed E-state index contributed by atoms with van der Waals surface area (Å²) in [6, 6.07) is 8.90. The average molecular weight is 365 g/mol. The second kappa shape index (κ2) is 6.81. The molecule has 7 heteroatoms. The van der Waals surface area contributed by atoms with Crippen LogP contribution in [0, 0.1) is 6.92 Å². The quantitative estimate of drug-likeness (QED) is 0.768. The van der Waals surface area contributed by atoms with Gasteiger partial charge in [-0.15, -0.1) is 0 Å². The van der Waals surface area contributed by atoms with Gasteiger partial charge in [0.1, 0.15) is 5.82 Å². The number of nitrogen functional groups attached to an aromatic ring is 1. The average Bonchev–Trinajstić information content (AvgIpc) is 2.95. The van der Waals surface area contributed by atoms with Gasteiger partial charge in [0.15, 0.2) is 5.65 Å². The molecular weight excluding hydrogens is 338 g/mol. The maximum absolute atomic E-state index is 6.29. The van der Waals surface area contributed by atoms with Crippen LogP contribution in [0.15, 0.2) is 24.3 Å². The van der Waals surface area contributed by atoms with Crippen molar-refractivity contribution >= 4 is 22.8 Å². The smallest absolute Gasteiger partial charge is 0.228 e. The number of rotatable bonds is 3. The highest BCUT2D eigenvalue weighted by Gasteiger charge is 2.24. The Morgan fingerprint density at radius 3 is 2.48 bits per heavy atom. The predicted octanol–water partition coefficient (Wildman–Crippen LogP) is 2.45. The number of piperazine rings is 1. The number of hydrogen-bond donors (Lipinski definition) is 1. The summed E-state index contributed by atoms with van der Waals surface area (Å²) in [5, 5.41) is 5.35. The van der Waals surface area contributed by atoms with E-state index in [1.54, 1.807) is 4.68 Å². The van der Waals surface area contributed by atoms with E-state index in [2.05, 4.69) is 53.9 Å². The fourth-order valence-corrected chi connectivity index (χ4v) is 3.68. The molecule has 4 rings (SSSR count). The third kappa shape index (κ3) is 3.23. The minimum atomic E-state index is 0.564. The van der Waals surface area contributed by atoms with E-state index < -0.39 is 0 Å². The van der Waals surface area contributed by atoms with E-state index in [1.165, 1.54) is 5.56 Å². The topological polar surface area (TPSA) is 76.1 Å². The Kier molecular flexibility index (Phi) is 4.47. The highest BCUT2D eigenvalue weighted by Crippen LogP contribution is 2.32. The van der Waals surface area contributed by atoms with Gasteiger partial charge in [0.05, 0.1) is 11.1 Å². The van der Waals surface area contributed by atoms with Gasteiger partial charge in [0.25, 0.3) is 0 Å². The van der Waals surface area contributed by atoms with E-state index in [1.807, 2.05) is 13.1 Å². The summed E-state index contributed by atoms with van der Waals surface area (Å²) in [7, 11) is 1.85. The molecule has 3 aromatic rings. The van der Waals surface area contributed by atoms with Crippen LogP contribution in [0.25, 0.3) is 22.3 Å². The Bertz CT molecular complexity index is 968. The summed E-state index contributed by atoms with van der Waals surface area (Å²) in [6.45, 7) is 10.4. The Morgan fingerprint density at radius 1 is 1.07 bits per heavy atom. The van der Waals surface area contributed by atoms with E-state index in [4.69, 9.17) is 15.7 Å². The first-order valence-electron chi connectivity index (χ1n) is 9.50. The van der Waals surface area contributed by atoms with Crippen LogP contribution < -0.4 is 10.6 Å². The minimum absolute atomic E-state index is 0.564. The molecule has 142 valence electrons. The van der Waals surface area contributed by atoms with Crippen molar-refractivity contribution in [2.24, 2.45) is 7.05 Å². The van der Waals surface area contributed by atoms with E-state index in [9.17, 15) is 0 Å². The van der Waals surface area contributed by atoms with Crippen LogP contribution in [-0.2, 0) is 7.05 Å². The van der Waals surface area contributed by atoms with Crippen LogP contribution >= 0.6 is 0 Å². The van der Waals surface area contributed by atoms with Crippen molar-refractivity contribution in [1.82, 2.24) is 24.6 Å². The zero-order valence-electron chi connectivity index (χ0n) is 16.5. The molecular formula is C20H27N7. The summed E-state index contributed by atoms with van der Waals surface area (Å²) in [4.78, 5) is 14.4. The Balaban J connectivity index is 1.80. The van der Waals surface area contributed by atoms with Crippen molar-refractivity contribution in [2.75, 3.05) is 36.8 Å². The van der Waals surface area contributed by atoms with Crippen molar-refractivity contribution in [1.29, 1.82) is 0 Å². The second-order valence-electron chi connectivity index (χ2n) is 7.57. The van der Waals surface area contributed by atoms with E-state index in [0.717, 1.165) is 48.8 Å². The Morgan fingerprint density at radius 2 is 1.81 bits per heavy atom. The second-order valence-corrected chi connectivity index (χ2v) is 7.57. The summed E-state index contributed by atoms with van der Waals surface area (Å²) >= 11 is 0. The third-order valence-electron chi connectivity index (χ3n) is 5.35. The van der Waals surface area contributed by atoms with Crippen LogP contribution in [0.1, 0.15) is 19.4 Å². The summed E-state index contributed by atoms with van der Waals surface area (Å²) in [6.07, 6.45) is 0. The molecule has 1 fully saturated rings. The van der Waals surface area contributed by atoms with Gasteiger partial charge < -0.3 is 10.6 Å². The Labute approximate surface area is 159 Å². The first kappa shape index (κ1) is 17.7. The summed E-state index contributed by atoms with van der Waals surface area (Å²) < 4.78 is 1.68. The molecule has 0 amide bonds. The van der Waals surface area contributed by atoms with E-state index in [-0.39, 0.29) is 0 Å². The van der Waals surface area contributed by atoms with Crippen LogP contribution in [0.5, 0.6) is 0 Å². The molecule has 1 aliphatic rings. The fraction of sp³-hybridized carbons (Fsp3) is 0.450. The van der Waals surface area contributed by atoms with Crippen molar-refractivity contribution < 1.29 is 0 Å². The molecule has 0 bridgehead atoms. The standard InChI is InChI=1S/C20H27N7/c1-13(2)26-8-10-27(11-9-26)20-22-17(15-7-5-6-14(3)12-15)16-18(21)25(4)24-19(16)23-20/h5-7,12-13H,8-11,21H2,1-4H3. The summed E-state index contributed by atoms with van der Waals surface area (Å²) in [5.41, 5.74) is 10.0. The predicted molar refractivity (Wildman–Crippen MR) is 110 cm³/mol. The molecule has 2 aromatic heterocycles. The first-order valence-corrected chi connectivity index (χ1v) is 9.50. The number of aryl methyl sites for hydroxylation is 2. The van der Waals surface area contributed by atoms with Gasteiger partial charge in [0, 0.05) is 44.8 Å². The molecule has 1 aliphatic heterocycles. The molecule has 0 radical (unpaired) electrons. The monoisotopic (exact) mass is 365 g/mol. The number of benzene rings is 1. The third-order valence-corrected chi connectivity index (χ3v) is 5.35. The molecule has 3 heterocycles. The maximum atomic E-state index is 6.29. The zero-order valence-corrected chi connectivity index (χ0v) is 16.5. The molecule has 0 aliphatic carbocycles. The van der Waals surface area contributed by atoms with Crippen molar-refractivity contribution in [3.8, 4) is 11.3 Å². The van der Waals surface area contributed by atoms with Gasteiger partial charge in [-0.1, -0.05) is 23.8 Å². The molecule has 0 spiro atoms. The number of nitrogens with zero attached hydrogens (tertiary/aromatic N) is 6. The molecule has 7 nitrogen and oxygen atoms in total. The van der Waals surface area contributed by atoms with Gasteiger partial charge >= 0.3 is 0 Å². The van der Waals surface area contributed by atoms with Gasteiger partial charge in [-0.3, -0.25) is 9.58 Å². The van der Waals surface area contributed by atoms with Crippen molar-refractivity contribution in [3.63, 3.8) is 0 Å². The van der Waals surface area contributed by atoms with Gasteiger partial charge in [-0.25, -0.2) is 4.98 Å². The van der Waals surface area contributed by atoms with Crippen LogP contribution in [0.4, 0.5) is 11.8 Å². The normalized spacial score (nSPS) is 15.8. The molecule has 2 N–H and O–H groups in total. The maximum Gasteiger partial charge on any atom is 0.228 e. The van der Waals surface area contributed by atoms with E-state index in [0.29, 0.717) is 17.5 Å². The SMILES string of the molecule is Cc1cccc(-c2nc(N3CCN(C(C)C)CC3)nc3nn(C)c(N)c23)c1. The van der Waals surface area contributed by atoms with Crippen molar-refractivity contribution in [2.45, 2.75) is 26.8 Å². The molecule has 27 heavy (non-hydrogen) atoms. The van der Waals surface area contributed by atoms with E-state index >= 15 is 0 Å².